The number of rotatable bonds is 1. The molecule has 0 radical (unpaired) electrons. The van der Waals surface area contributed by atoms with Gasteiger partial charge in [-0.15, -0.1) is 0 Å². The molecule has 0 unspecified atom stereocenters. The Kier molecular flexibility index (Phi) is 2.84. The maximum Gasteiger partial charge on any atom is 0.0562 e. The van der Waals surface area contributed by atoms with Crippen molar-refractivity contribution in [3.05, 3.63) is 91.0 Å². The summed E-state index contributed by atoms with van der Waals surface area (Å²) in [6.45, 7) is 0. The van der Waals surface area contributed by atoms with E-state index in [1.165, 1.54) is 49.3 Å². The van der Waals surface area contributed by atoms with Gasteiger partial charge in [0.1, 0.15) is 0 Å². The Morgan fingerprint density at radius 3 is 1.85 bits per heavy atom. The summed E-state index contributed by atoms with van der Waals surface area (Å²) in [6.07, 6.45) is 0. The van der Waals surface area contributed by atoms with Crippen molar-refractivity contribution in [3.8, 4) is 5.69 Å². The van der Waals surface area contributed by atoms with Crippen molar-refractivity contribution in [1.29, 1.82) is 0 Å². The fourth-order valence-corrected chi connectivity index (χ4v) is 4.48. The smallest absolute Gasteiger partial charge is 0.0562 e. The van der Waals surface area contributed by atoms with Crippen LogP contribution in [0.15, 0.2) is 91.0 Å². The fraction of sp³-hybridized carbons (Fsp3) is 0.0400. The zero-order chi connectivity index (χ0) is 18.0. The van der Waals surface area contributed by atoms with E-state index in [1.54, 1.807) is 0 Å². The number of aryl methyl sites for hydroxylation is 1. The molecule has 2 aromatic heterocycles. The number of hydrogen-bond donors (Lipinski definition) is 0. The third-order valence-corrected chi connectivity index (χ3v) is 5.72. The molecule has 6 rings (SSSR count). The van der Waals surface area contributed by atoms with Gasteiger partial charge in [-0.2, -0.15) is 0 Å². The van der Waals surface area contributed by atoms with Crippen LogP contribution in [0.2, 0.25) is 0 Å². The molecule has 6 aromatic rings. The average molecular weight is 346 g/mol. The van der Waals surface area contributed by atoms with Gasteiger partial charge in [0, 0.05) is 39.8 Å². The number of fused-ring (bicyclic) bond motifs is 6. The van der Waals surface area contributed by atoms with Gasteiger partial charge in [0.25, 0.3) is 0 Å². The molecule has 0 bridgehead atoms. The number of para-hydroxylation sites is 3. The standard InChI is InChI=1S/C25H18N2/c1-26-22-13-7-5-11-18(22)20-15-21-19-12-6-8-14-23(19)27(25(21)16-24(20)26)17-9-3-2-4-10-17/h2-16H,1H3. The molecule has 2 heterocycles. The second-order valence-electron chi connectivity index (χ2n) is 7.15. The molecule has 2 heteroatoms. The predicted octanol–water partition coefficient (Wildman–Crippen LogP) is 6.43. The highest BCUT2D eigenvalue weighted by molar-refractivity contribution is 6.18. The lowest BCUT2D eigenvalue weighted by Gasteiger charge is -2.08. The molecule has 0 saturated carbocycles. The minimum atomic E-state index is 1.20. The molecule has 0 fully saturated rings. The van der Waals surface area contributed by atoms with Gasteiger partial charge in [0.2, 0.25) is 0 Å². The van der Waals surface area contributed by atoms with Crippen LogP contribution < -0.4 is 0 Å². The number of benzene rings is 4. The molecule has 4 aromatic carbocycles. The quantitative estimate of drug-likeness (QED) is 0.325. The van der Waals surface area contributed by atoms with Crippen molar-refractivity contribution in [3.63, 3.8) is 0 Å². The topological polar surface area (TPSA) is 9.86 Å². The summed E-state index contributed by atoms with van der Waals surface area (Å²) in [7, 11) is 2.16. The van der Waals surface area contributed by atoms with Crippen LogP contribution in [0.3, 0.4) is 0 Å². The molecule has 0 aliphatic rings. The van der Waals surface area contributed by atoms with Crippen LogP contribution >= 0.6 is 0 Å². The molecule has 0 saturated heterocycles. The lowest BCUT2D eigenvalue weighted by atomic mass is 10.1. The summed E-state index contributed by atoms with van der Waals surface area (Å²) >= 11 is 0. The first-order chi connectivity index (χ1) is 13.3. The molecule has 0 N–H and O–H groups in total. The molecular formula is C25H18N2. The fourth-order valence-electron chi connectivity index (χ4n) is 4.48. The Morgan fingerprint density at radius 1 is 0.481 bits per heavy atom. The minimum Gasteiger partial charge on any atom is -0.344 e. The van der Waals surface area contributed by atoms with E-state index in [0.717, 1.165) is 0 Å². The summed E-state index contributed by atoms with van der Waals surface area (Å²) in [5, 5.41) is 5.23. The van der Waals surface area contributed by atoms with E-state index in [4.69, 9.17) is 0 Å². The summed E-state index contributed by atoms with van der Waals surface area (Å²) in [6, 6.07) is 32.7. The van der Waals surface area contributed by atoms with E-state index in [9.17, 15) is 0 Å². The highest BCUT2D eigenvalue weighted by Crippen LogP contribution is 2.37. The van der Waals surface area contributed by atoms with Gasteiger partial charge >= 0.3 is 0 Å². The minimum absolute atomic E-state index is 1.20. The van der Waals surface area contributed by atoms with E-state index in [-0.39, 0.29) is 0 Å². The maximum atomic E-state index is 2.38. The Balaban J connectivity index is 1.87. The molecule has 0 atom stereocenters. The van der Waals surface area contributed by atoms with E-state index in [1.807, 2.05) is 0 Å². The van der Waals surface area contributed by atoms with Gasteiger partial charge in [-0.3, -0.25) is 0 Å². The lowest BCUT2D eigenvalue weighted by molar-refractivity contribution is 1.01. The third-order valence-electron chi connectivity index (χ3n) is 5.72. The molecule has 128 valence electrons. The van der Waals surface area contributed by atoms with Crippen LogP contribution in [0, 0.1) is 0 Å². The van der Waals surface area contributed by atoms with Gasteiger partial charge in [0.05, 0.1) is 16.6 Å². The zero-order valence-corrected chi connectivity index (χ0v) is 15.1. The number of nitrogens with zero attached hydrogens (tertiary/aromatic N) is 2. The van der Waals surface area contributed by atoms with Crippen molar-refractivity contribution in [1.82, 2.24) is 9.13 Å². The summed E-state index contributed by atoms with van der Waals surface area (Å²) < 4.78 is 4.68. The second kappa shape index (κ2) is 5.24. The highest BCUT2D eigenvalue weighted by atomic mass is 15.0. The normalized spacial score (nSPS) is 11.9. The Bertz CT molecular complexity index is 1470. The van der Waals surface area contributed by atoms with E-state index in [2.05, 4.69) is 107 Å². The van der Waals surface area contributed by atoms with E-state index >= 15 is 0 Å². The van der Waals surface area contributed by atoms with Gasteiger partial charge in [-0.05, 0) is 36.4 Å². The molecule has 27 heavy (non-hydrogen) atoms. The van der Waals surface area contributed by atoms with Crippen molar-refractivity contribution >= 4 is 43.6 Å². The van der Waals surface area contributed by atoms with Gasteiger partial charge in [-0.1, -0.05) is 54.6 Å². The first-order valence-corrected chi connectivity index (χ1v) is 9.29. The van der Waals surface area contributed by atoms with Gasteiger partial charge < -0.3 is 9.13 Å². The Hall–Kier alpha value is -3.52. The second-order valence-corrected chi connectivity index (χ2v) is 7.15. The molecule has 0 spiro atoms. The molecule has 0 aliphatic carbocycles. The average Bonchev–Trinajstić information content (AvgIpc) is 3.20. The lowest BCUT2D eigenvalue weighted by Crippen LogP contribution is -1.93. The molecule has 2 nitrogen and oxygen atoms in total. The van der Waals surface area contributed by atoms with Gasteiger partial charge in [-0.25, -0.2) is 0 Å². The Labute approximate surface area is 156 Å². The van der Waals surface area contributed by atoms with Crippen LogP contribution in [-0.2, 0) is 7.05 Å². The molecular weight excluding hydrogens is 328 g/mol. The maximum absolute atomic E-state index is 2.38. The van der Waals surface area contributed by atoms with Crippen molar-refractivity contribution < 1.29 is 0 Å². The first kappa shape index (κ1) is 14.6. The van der Waals surface area contributed by atoms with Crippen molar-refractivity contribution in [2.75, 3.05) is 0 Å². The number of hydrogen-bond acceptors (Lipinski definition) is 0. The van der Waals surface area contributed by atoms with Crippen LogP contribution in [0.4, 0.5) is 0 Å². The molecule has 0 aliphatic heterocycles. The Morgan fingerprint density at radius 2 is 1.07 bits per heavy atom. The number of aromatic nitrogens is 2. The highest BCUT2D eigenvalue weighted by Gasteiger charge is 2.15. The summed E-state index contributed by atoms with van der Waals surface area (Å²) in [5.74, 6) is 0. The first-order valence-electron chi connectivity index (χ1n) is 9.29. The molecule has 0 amide bonds. The van der Waals surface area contributed by atoms with Crippen molar-refractivity contribution in [2.24, 2.45) is 7.05 Å². The summed E-state index contributed by atoms with van der Waals surface area (Å²) in [4.78, 5) is 0. The zero-order valence-electron chi connectivity index (χ0n) is 15.1. The largest absolute Gasteiger partial charge is 0.344 e. The van der Waals surface area contributed by atoms with Crippen LogP contribution in [-0.4, -0.2) is 9.13 Å². The predicted molar refractivity (Wildman–Crippen MR) is 115 cm³/mol. The van der Waals surface area contributed by atoms with Crippen LogP contribution in [0.5, 0.6) is 0 Å². The van der Waals surface area contributed by atoms with Crippen LogP contribution in [0.25, 0.3) is 49.3 Å². The SMILES string of the molecule is Cn1c2ccccc2c2cc3c4ccccc4n(-c4ccccc4)c3cc21. The van der Waals surface area contributed by atoms with Crippen molar-refractivity contribution in [2.45, 2.75) is 0 Å². The van der Waals surface area contributed by atoms with Gasteiger partial charge in [0.15, 0.2) is 0 Å². The summed E-state index contributed by atoms with van der Waals surface area (Å²) in [5.41, 5.74) is 6.24. The third kappa shape index (κ3) is 1.90. The van der Waals surface area contributed by atoms with E-state index in [0.29, 0.717) is 0 Å². The monoisotopic (exact) mass is 346 g/mol. The van der Waals surface area contributed by atoms with Crippen LogP contribution in [0.1, 0.15) is 0 Å². The van der Waals surface area contributed by atoms with E-state index < -0.39 is 0 Å².